The third kappa shape index (κ3) is 6.82. The van der Waals surface area contributed by atoms with Crippen molar-refractivity contribution in [1.29, 1.82) is 0 Å². The van der Waals surface area contributed by atoms with Crippen molar-refractivity contribution in [2.75, 3.05) is 30.8 Å². The normalized spacial score (nSPS) is 14.7. The van der Waals surface area contributed by atoms with Crippen LogP contribution in [0.4, 0.5) is 5.69 Å². The molecule has 0 radical (unpaired) electrons. The minimum atomic E-state index is -3.62. The summed E-state index contributed by atoms with van der Waals surface area (Å²) in [6.45, 7) is 2.34. The lowest BCUT2D eigenvalue weighted by Gasteiger charge is -2.26. The van der Waals surface area contributed by atoms with Crippen LogP contribution in [0.15, 0.2) is 58.3 Å². The van der Waals surface area contributed by atoms with E-state index in [2.05, 4.69) is 5.32 Å². The number of rotatable bonds is 9. The highest BCUT2D eigenvalue weighted by Crippen LogP contribution is 2.26. The number of ether oxygens (including phenoxy) is 1. The van der Waals surface area contributed by atoms with Crippen LogP contribution in [0.1, 0.15) is 31.2 Å². The van der Waals surface area contributed by atoms with Crippen LogP contribution in [0.5, 0.6) is 0 Å². The predicted molar refractivity (Wildman–Crippen MR) is 125 cm³/mol. The van der Waals surface area contributed by atoms with Crippen molar-refractivity contribution < 1.29 is 22.7 Å². The van der Waals surface area contributed by atoms with Gasteiger partial charge in [0, 0.05) is 29.4 Å². The molecule has 172 valence electrons. The van der Waals surface area contributed by atoms with Gasteiger partial charge >= 0.3 is 5.97 Å². The lowest BCUT2D eigenvalue weighted by atomic mass is 10.2. The third-order valence-corrected chi connectivity index (χ3v) is 8.14. The molecule has 2 aromatic rings. The van der Waals surface area contributed by atoms with Crippen molar-refractivity contribution in [3.05, 3.63) is 54.1 Å². The second-order valence-corrected chi connectivity index (χ2v) is 10.6. The predicted octanol–water partition coefficient (Wildman–Crippen LogP) is 3.83. The Hall–Kier alpha value is -2.36. The number of nitrogens with zero attached hydrogens (tertiary/aromatic N) is 1. The van der Waals surface area contributed by atoms with E-state index in [-0.39, 0.29) is 11.3 Å². The quantitative estimate of drug-likeness (QED) is 0.437. The lowest BCUT2D eigenvalue weighted by Crippen LogP contribution is -2.36. The molecule has 1 aliphatic rings. The van der Waals surface area contributed by atoms with E-state index in [1.54, 1.807) is 30.8 Å². The lowest BCUT2D eigenvalue weighted by molar-refractivity contribution is -0.146. The number of hydrogen-bond donors (Lipinski definition) is 1. The van der Waals surface area contributed by atoms with Crippen molar-refractivity contribution in [2.45, 2.75) is 42.4 Å². The number of amides is 1. The Bertz CT molecular complexity index is 1040. The molecule has 0 bridgehead atoms. The van der Waals surface area contributed by atoms with E-state index in [1.807, 2.05) is 30.3 Å². The molecule has 1 N–H and O–H groups in total. The molecule has 0 spiro atoms. The molecule has 3 rings (SSSR count). The summed E-state index contributed by atoms with van der Waals surface area (Å²) < 4.78 is 32.6. The van der Waals surface area contributed by atoms with Gasteiger partial charge in [-0.2, -0.15) is 4.31 Å². The molecule has 1 aliphatic heterocycles. The van der Waals surface area contributed by atoms with Gasteiger partial charge in [0.25, 0.3) is 5.91 Å². The van der Waals surface area contributed by atoms with Gasteiger partial charge in [0.05, 0.1) is 11.3 Å². The van der Waals surface area contributed by atoms with Crippen LogP contribution in [-0.4, -0.2) is 50.0 Å². The summed E-state index contributed by atoms with van der Waals surface area (Å²) in [6, 6.07) is 14.5. The molecule has 1 fully saturated rings. The zero-order valence-electron chi connectivity index (χ0n) is 18.1. The van der Waals surface area contributed by atoms with E-state index in [0.717, 1.165) is 24.2 Å². The molecule has 2 aromatic carbocycles. The number of aryl methyl sites for hydroxylation is 1. The molecule has 1 saturated heterocycles. The van der Waals surface area contributed by atoms with Crippen molar-refractivity contribution >= 4 is 39.3 Å². The second kappa shape index (κ2) is 11.5. The fourth-order valence-corrected chi connectivity index (χ4v) is 6.01. The summed E-state index contributed by atoms with van der Waals surface area (Å²) in [5.41, 5.74) is 0.975. The average molecular weight is 477 g/mol. The van der Waals surface area contributed by atoms with Gasteiger partial charge in [-0.25, -0.2) is 8.42 Å². The van der Waals surface area contributed by atoms with Crippen LogP contribution in [0.25, 0.3) is 0 Å². The third-order valence-electron chi connectivity index (χ3n) is 5.09. The van der Waals surface area contributed by atoms with Crippen LogP contribution in [0.2, 0.25) is 0 Å². The van der Waals surface area contributed by atoms with Gasteiger partial charge in [-0.1, -0.05) is 30.7 Å². The zero-order chi connectivity index (χ0) is 23.0. The first-order valence-electron chi connectivity index (χ1n) is 10.6. The standard InChI is InChI=1S/C23H28N2O5S2/c1-18-10-11-19(16-21(18)32(28,29)25-13-6-3-7-14-25)24-22(26)17-30-23(27)12-15-31-20-8-4-2-5-9-20/h2,4-5,8-11,16H,3,6-7,12-15,17H2,1H3,(H,24,26). The van der Waals surface area contributed by atoms with Gasteiger partial charge in [0.2, 0.25) is 10.0 Å². The summed E-state index contributed by atoms with van der Waals surface area (Å²) in [6.07, 6.45) is 2.92. The topological polar surface area (TPSA) is 92.8 Å². The van der Waals surface area contributed by atoms with Crippen LogP contribution < -0.4 is 5.32 Å². The Morgan fingerprint density at radius 3 is 2.50 bits per heavy atom. The largest absolute Gasteiger partial charge is 0.456 e. The molecule has 0 atom stereocenters. The van der Waals surface area contributed by atoms with Crippen LogP contribution >= 0.6 is 11.8 Å². The van der Waals surface area contributed by atoms with Crippen molar-refractivity contribution in [2.24, 2.45) is 0 Å². The molecule has 7 nitrogen and oxygen atoms in total. The van der Waals surface area contributed by atoms with Gasteiger partial charge in [-0.3, -0.25) is 9.59 Å². The Morgan fingerprint density at radius 2 is 1.78 bits per heavy atom. The highest BCUT2D eigenvalue weighted by atomic mass is 32.2. The van der Waals surface area contributed by atoms with Gasteiger partial charge in [-0.15, -0.1) is 11.8 Å². The summed E-state index contributed by atoms with van der Waals surface area (Å²) in [4.78, 5) is 25.4. The minimum Gasteiger partial charge on any atom is -0.456 e. The van der Waals surface area contributed by atoms with Gasteiger partial charge in [-0.05, 0) is 49.6 Å². The first kappa shape index (κ1) is 24.3. The van der Waals surface area contributed by atoms with Crippen molar-refractivity contribution in [3.63, 3.8) is 0 Å². The number of anilines is 1. The Balaban J connectivity index is 1.50. The van der Waals surface area contributed by atoms with E-state index in [9.17, 15) is 18.0 Å². The molecule has 0 saturated carbocycles. The zero-order valence-corrected chi connectivity index (χ0v) is 19.7. The van der Waals surface area contributed by atoms with Gasteiger partial charge in [0.15, 0.2) is 6.61 Å². The van der Waals surface area contributed by atoms with Crippen molar-refractivity contribution in [1.82, 2.24) is 4.31 Å². The van der Waals surface area contributed by atoms with E-state index < -0.39 is 28.5 Å². The van der Waals surface area contributed by atoms with E-state index in [0.29, 0.717) is 30.1 Å². The van der Waals surface area contributed by atoms with E-state index >= 15 is 0 Å². The molecule has 32 heavy (non-hydrogen) atoms. The fourth-order valence-electron chi connectivity index (χ4n) is 3.38. The van der Waals surface area contributed by atoms with Gasteiger partial charge in [0.1, 0.15) is 0 Å². The first-order valence-corrected chi connectivity index (χ1v) is 13.0. The molecule has 1 heterocycles. The molecular weight excluding hydrogens is 448 g/mol. The van der Waals surface area contributed by atoms with E-state index in [1.165, 1.54) is 10.4 Å². The number of thioether (sulfide) groups is 1. The molecular formula is C23H28N2O5S2. The van der Waals surface area contributed by atoms with Crippen LogP contribution in [-0.2, 0) is 24.3 Å². The van der Waals surface area contributed by atoms with Gasteiger partial charge < -0.3 is 10.1 Å². The number of benzene rings is 2. The maximum absolute atomic E-state index is 13.0. The number of carbonyl (C=O) groups is 2. The number of sulfonamides is 1. The number of carbonyl (C=O) groups excluding carboxylic acids is 2. The first-order chi connectivity index (χ1) is 15.4. The summed E-state index contributed by atoms with van der Waals surface area (Å²) >= 11 is 1.54. The molecule has 0 unspecified atom stereocenters. The van der Waals surface area contributed by atoms with E-state index in [4.69, 9.17) is 4.74 Å². The van der Waals surface area contributed by atoms with Crippen LogP contribution in [0, 0.1) is 6.92 Å². The summed E-state index contributed by atoms with van der Waals surface area (Å²) in [5.74, 6) is -0.416. The minimum absolute atomic E-state index is 0.187. The monoisotopic (exact) mass is 476 g/mol. The Morgan fingerprint density at radius 1 is 1.06 bits per heavy atom. The number of hydrogen-bond acceptors (Lipinski definition) is 6. The molecule has 9 heteroatoms. The summed E-state index contributed by atoms with van der Waals surface area (Å²) in [5, 5.41) is 2.62. The highest BCUT2D eigenvalue weighted by Gasteiger charge is 2.27. The number of nitrogens with one attached hydrogen (secondary N) is 1. The molecule has 1 amide bonds. The Kier molecular flexibility index (Phi) is 8.72. The highest BCUT2D eigenvalue weighted by molar-refractivity contribution is 7.99. The fraction of sp³-hybridized carbons (Fsp3) is 0.391. The van der Waals surface area contributed by atoms with Crippen LogP contribution in [0.3, 0.4) is 0 Å². The maximum Gasteiger partial charge on any atom is 0.307 e. The maximum atomic E-state index is 13.0. The number of esters is 1. The van der Waals surface area contributed by atoms with Crippen molar-refractivity contribution in [3.8, 4) is 0 Å². The summed E-state index contributed by atoms with van der Waals surface area (Å²) in [7, 11) is -3.62. The number of piperidine rings is 1. The molecule has 0 aromatic heterocycles. The smallest absolute Gasteiger partial charge is 0.307 e. The Labute approximate surface area is 193 Å². The SMILES string of the molecule is Cc1ccc(NC(=O)COC(=O)CCSc2ccccc2)cc1S(=O)(=O)N1CCCCC1. The second-order valence-electron chi connectivity index (χ2n) is 7.57. The average Bonchev–Trinajstić information content (AvgIpc) is 2.80. The molecule has 0 aliphatic carbocycles.